The number of likely N-dealkylation sites (tertiary alicyclic amines) is 1. The topological polar surface area (TPSA) is 135 Å². The fraction of sp³-hybridized carbons (Fsp3) is 0.600. The molecule has 252 valence electrons. The Kier molecular flexibility index (Phi) is 12.2. The summed E-state index contributed by atoms with van der Waals surface area (Å²) in [6.07, 6.45) is 5.02. The number of amides is 3. The van der Waals surface area contributed by atoms with Crippen molar-refractivity contribution in [3.8, 4) is 0 Å². The van der Waals surface area contributed by atoms with Gasteiger partial charge < -0.3 is 34.4 Å². The molecule has 8 atom stereocenters. The van der Waals surface area contributed by atoms with Crippen LogP contribution in [0.3, 0.4) is 0 Å². The van der Waals surface area contributed by atoms with Crippen molar-refractivity contribution in [1.29, 1.82) is 0 Å². The quantitative estimate of drug-likeness (QED) is 0.185. The predicted octanol–water partition coefficient (Wildman–Crippen LogP) is 2.94. The van der Waals surface area contributed by atoms with Crippen LogP contribution < -0.4 is 5.32 Å². The van der Waals surface area contributed by atoms with Gasteiger partial charge in [0.25, 0.3) is 0 Å². The van der Waals surface area contributed by atoms with E-state index in [0.717, 1.165) is 12.8 Å². The van der Waals surface area contributed by atoms with Crippen LogP contribution in [0.25, 0.3) is 0 Å². The van der Waals surface area contributed by atoms with E-state index in [1.165, 1.54) is 12.0 Å². The van der Waals surface area contributed by atoms with E-state index in [1.807, 2.05) is 32.0 Å². The number of fused-ring (bicyclic) bond motifs is 1. The predicted molar refractivity (Wildman–Crippen MR) is 171 cm³/mol. The fourth-order valence-corrected chi connectivity index (χ4v) is 7.53. The van der Waals surface area contributed by atoms with Gasteiger partial charge in [0.15, 0.2) is 0 Å². The number of aliphatic hydroxyl groups is 1. The first-order chi connectivity index (χ1) is 22.2. The molecule has 46 heavy (non-hydrogen) atoms. The number of benzene rings is 1. The van der Waals surface area contributed by atoms with E-state index in [1.54, 1.807) is 29.2 Å². The van der Waals surface area contributed by atoms with Crippen molar-refractivity contribution in [2.24, 2.45) is 11.8 Å². The second-order valence-corrected chi connectivity index (χ2v) is 12.5. The van der Waals surface area contributed by atoms with Crippen LogP contribution in [0, 0.1) is 11.8 Å². The number of allylic oxidation sites excluding steroid dienone is 1. The number of rotatable bonds is 18. The Labute approximate surface area is 271 Å². The van der Waals surface area contributed by atoms with Crippen LogP contribution in [0.15, 0.2) is 55.6 Å². The van der Waals surface area contributed by atoms with E-state index in [9.17, 15) is 24.3 Å². The van der Waals surface area contributed by atoms with Gasteiger partial charge in [-0.25, -0.2) is 0 Å². The van der Waals surface area contributed by atoms with Gasteiger partial charge in [0, 0.05) is 32.7 Å². The molecule has 1 aromatic rings. The van der Waals surface area contributed by atoms with Crippen molar-refractivity contribution in [3.05, 3.63) is 61.2 Å². The molecule has 3 aliphatic rings. The van der Waals surface area contributed by atoms with Crippen LogP contribution in [-0.4, -0.2) is 102 Å². The molecule has 0 saturated carbocycles. The first-order valence-electron chi connectivity index (χ1n) is 16.3. The maximum atomic E-state index is 14.3. The zero-order valence-corrected chi connectivity index (χ0v) is 27.3. The standard InChI is InChI=1S/C35H49N3O8/c1-6-9-16-27(40)36-25(22-44-5)30(24-14-11-10-12-15-24)45-34(43)28-26-17-18-35(46-26)29(28)32(41)38(20-21-39)31(35)33(42)37(19-8-3)23(4)13-7-2/h6,8,10-12,14-15,23,25-26,28-31,39H,1,3,7,9,13,16-22H2,2,4-5H3,(H,36,40)/t23?,25-,26+,28-,29-,30-,31+,35-/m1/s1. The van der Waals surface area contributed by atoms with Crippen LogP contribution in [0.2, 0.25) is 0 Å². The number of ether oxygens (including phenoxy) is 3. The molecule has 1 unspecified atom stereocenters. The maximum absolute atomic E-state index is 14.3. The number of nitrogens with one attached hydrogen (secondary N) is 1. The van der Waals surface area contributed by atoms with E-state index in [2.05, 4.69) is 18.5 Å². The second-order valence-electron chi connectivity index (χ2n) is 12.5. The maximum Gasteiger partial charge on any atom is 0.313 e. The van der Waals surface area contributed by atoms with Crippen LogP contribution in [-0.2, 0) is 33.4 Å². The zero-order valence-electron chi connectivity index (χ0n) is 27.3. The number of hydrogen-bond acceptors (Lipinski definition) is 8. The lowest BCUT2D eigenvalue weighted by molar-refractivity contribution is -0.163. The van der Waals surface area contributed by atoms with Crippen molar-refractivity contribution < 1.29 is 38.5 Å². The summed E-state index contributed by atoms with van der Waals surface area (Å²) in [5.41, 5.74) is -0.575. The molecular formula is C35H49N3O8. The van der Waals surface area contributed by atoms with Crippen LogP contribution >= 0.6 is 0 Å². The number of nitrogens with zero attached hydrogens (tertiary/aromatic N) is 2. The number of aliphatic hydroxyl groups excluding tert-OH is 1. The Morgan fingerprint density at radius 1 is 1.24 bits per heavy atom. The first-order valence-corrected chi connectivity index (χ1v) is 16.3. The number of carbonyl (C=O) groups is 4. The molecule has 2 bridgehead atoms. The summed E-state index contributed by atoms with van der Waals surface area (Å²) in [4.78, 5) is 58.6. The van der Waals surface area contributed by atoms with Crippen molar-refractivity contribution in [1.82, 2.24) is 15.1 Å². The number of hydrogen-bond donors (Lipinski definition) is 2. The average Bonchev–Trinajstić information content (AvgIpc) is 3.69. The number of carbonyl (C=O) groups excluding carboxylic acids is 4. The Balaban J connectivity index is 1.67. The number of esters is 1. The Bertz CT molecular complexity index is 1260. The molecule has 0 aliphatic carbocycles. The SMILES string of the molecule is C=CCCC(=O)N[C@H](COC)[C@H](OC(=O)[C@@H]1[C@@H]2CC[C@]3(O2)[C@H](C(=O)N(CC=C)C(C)CCC)N(CCO)C(=O)[C@@H]13)c1ccccc1. The molecule has 2 N–H and O–H groups in total. The second kappa shape index (κ2) is 15.8. The highest BCUT2D eigenvalue weighted by Gasteiger charge is 2.75. The van der Waals surface area contributed by atoms with Crippen molar-refractivity contribution >= 4 is 23.7 Å². The van der Waals surface area contributed by atoms with Crippen LogP contribution in [0.4, 0.5) is 0 Å². The molecule has 0 radical (unpaired) electrons. The van der Waals surface area contributed by atoms with Gasteiger partial charge in [-0.3, -0.25) is 19.2 Å². The van der Waals surface area contributed by atoms with Crippen molar-refractivity contribution in [2.45, 2.75) is 88.3 Å². The van der Waals surface area contributed by atoms with Gasteiger partial charge in [0.1, 0.15) is 17.7 Å². The van der Waals surface area contributed by atoms with Crippen molar-refractivity contribution in [3.63, 3.8) is 0 Å². The zero-order chi connectivity index (χ0) is 33.4. The third-order valence-corrected chi connectivity index (χ3v) is 9.50. The molecule has 3 aliphatic heterocycles. The first kappa shape index (κ1) is 35.3. The van der Waals surface area contributed by atoms with Gasteiger partial charge >= 0.3 is 5.97 Å². The van der Waals surface area contributed by atoms with Gasteiger partial charge in [-0.1, -0.05) is 55.8 Å². The van der Waals surface area contributed by atoms with E-state index in [-0.39, 0.29) is 44.0 Å². The highest BCUT2D eigenvalue weighted by Crippen LogP contribution is 2.59. The summed E-state index contributed by atoms with van der Waals surface area (Å²) < 4.78 is 18.2. The van der Waals surface area contributed by atoms with Gasteiger partial charge in [0.2, 0.25) is 17.7 Å². The summed E-state index contributed by atoms with van der Waals surface area (Å²) >= 11 is 0. The fourth-order valence-electron chi connectivity index (χ4n) is 7.53. The molecular weight excluding hydrogens is 590 g/mol. The summed E-state index contributed by atoms with van der Waals surface area (Å²) in [7, 11) is 1.50. The van der Waals surface area contributed by atoms with Gasteiger partial charge in [0.05, 0.1) is 37.2 Å². The van der Waals surface area contributed by atoms with Gasteiger partial charge in [-0.05, 0) is 38.2 Å². The minimum absolute atomic E-state index is 0.0628. The minimum Gasteiger partial charge on any atom is -0.455 e. The molecule has 4 rings (SSSR count). The smallest absolute Gasteiger partial charge is 0.313 e. The highest BCUT2D eigenvalue weighted by atomic mass is 16.6. The summed E-state index contributed by atoms with van der Waals surface area (Å²) in [6, 6.07) is 7.26. The number of methoxy groups -OCH3 is 1. The average molecular weight is 640 g/mol. The highest BCUT2D eigenvalue weighted by molar-refractivity contribution is 5.98. The van der Waals surface area contributed by atoms with E-state index in [0.29, 0.717) is 31.4 Å². The van der Waals surface area contributed by atoms with Crippen LogP contribution in [0.1, 0.15) is 64.0 Å². The molecule has 1 aromatic carbocycles. The Morgan fingerprint density at radius 3 is 2.61 bits per heavy atom. The van der Waals surface area contributed by atoms with Crippen LogP contribution in [0.5, 0.6) is 0 Å². The Morgan fingerprint density at radius 2 is 1.98 bits per heavy atom. The lowest BCUT2D eigenvalue weighted by Gasteiger charge is -2.38. The van der Waals surface area contributed by atoms with E-state index in [4.69, 9.17) is 14.2 Å². The van der Waals surface area contributed by atoms with E-state index < -0.39 is 53.6 Å². The van der Waals surface area contributed by atoms with Gasteiger partial charge in [-0.2, -0.15) is 0 Å². The normalized spacial score (nSPS) is 26.6. The van der Waals surface area contributed by atoms with E-state index >= 15 is 0 Å². The lowest BCUT2D eigenvalue weighted by atomic mass is 9.70. The molecule has 3 heterocycles. The Hall–Kier alpha value is -3.54. The summed E-state index contributed by atoms with van der Waals surface area (Å²) in [5, 5.41) is 12.9. The third kappa shape index (κ3) is 6.91. The monoisotopic (exact) mass is 639 g/mol. The summed E-state index contributed by atoms with van der Waals surface area (Å²) in [5.74, 6) is -3.48. The number of β-amino-alcohol motifs (C(OH)–C–C–N with tert-alkyl or cyclic N) is 1. The molecule has 3 saturated heterocycles. The minimum atomic E-state index is -1.23. The summed E-state index contributed by atoms with van der Waals surface area (Å²) in [6.45, 7) is 11.5. The molecule has 1 spiro atoms. The third-order valence-electron chi connectivity index (χ3n) is 9.50. The lowest BCUT2D eigenvalue weighted by Crippen LogP contribution is -2.58. The molecule has 11 heteroatoms. The van der Waals surface area contributed by atoms with Crippen molar-refractivity contribution in [2.75, 3.05) is 33.4 Å². The van der Waals surface area contributed by atoms with Gasteiger partial charge in [-0.15, -0.1) is 13.2 Å². The largest absolute Gasteiger partial charge is 0.455 e. The molecule has 0 aromatic heterocycles. The molecule has 11 nitrogen and oxygen atoms in total. The molecule has 3 amide bonds. The molecule has 3 fully saturated rings.